The van der Waals surface area contributed by atoms with Gasteiger partial charge in [-0.05, 0) is 46.3 Å². The van der Waals surface area contributed by atoms with Crippen LogP contribution in [0.15, 0.2) is 52.5 Å². The van der Waals surface area contributed by atoms with E-state index in [1.807, 2.05) is 0 Å². The van der Waals surface area contributed by atoms with Crippen molar-refractivity contribution in [2.75, 3.05) is 19.2 Å². The van der Waals surface area contributed by atoms with E-state index in [2.05, 4.69) is 5.32 Å². The maximum Gasteiger partial charge on any atom is 0.313 e. The molecular formula is C40H51NO14. The van der Waals surface area contributed by atoms with Crippen molar-refractivity contribution in [3.63, 3.8) is 0 Å². The van der Waals surface area contributed by atoms with Crippen LogP contribution >= 0.6 is 0 Å². The number of hydrogen-bond donors (Lipinski definition) is 7. The lowest BCUT2D eigenvalue weighted by molar-refractivity contribution is -0.168. The number of amides is 1. The fourth-order valence-corrected chi connectivity index (χ4v) is 7.28. The molecule has 0 radical (unpaired) electrons. The molecule has 0 saturated carbocycles. The predicted molar refractivity (Wildman–Crippen MR) is 198 cm³/mol. The van der Waals surface area contributed by atoms with Crippen molar-refractivity contribution in [3.8, 4) is 11.5 Å². The summed E-state index contributed by atoms with van der Waals surface area (Å²) in [7, 11) is 1.06. The molecule has 0 fully saturated rings. The van der Waals surface area contributed by atoms with Crippen LogP contribution in [0.4, 0.5) is 5.69 Å². The molecule has 1 aromatic carbocycles. The molecule has 7 N–H and O–H groups in total. The summed E-state index contributed by atoms with van der Waals surface area (Å²) >= 11 is 0. The number of nitrogens with one attached hydrogen (secondary N) is 1. The first-order chi connectivity index (χ1) is 25.6. The van der Waals surface area contributed by atoms with Gasteiger partial charge < -0.3 is 54.9 Å². The maximum absolute atomic E-state index is 14.0. The number of Topliss-reactive ketones (excluding diaryl/α,β-unsaturated/α-hetero) is 1. The third kappa shape index (κ3) is 8.12. The number of rotatable bonds is 2. The molecule has 0 spiro atoms. The van der Waals surface area contributed by atoms with E-state index < -0.39 is 89.9 Å². The minimum Gasteiger partial charge on any atom is -0.505 e. The number of carbonyl (C=O) groups is 4. The number of methoxy groups -OCH3 is 1. The van der Waals surface area contributed by atoms with Gasteiger partial charge in [0.05, 0.1) is 48.3 Å². The summed E-state index contributed by atoms with van der Waals surface area (Å²) in [5.41, 5.74) is -2.34. The lowest BCUT2D eigenvalue weighted by Gasteiger charge is -2.39. The second kappa shape index (κ2) is 16.5. The number of benzene rings is 1. The van der Waals surface area contributed by atoms with Crippen molar-refractivity contribution in [1.82, 2.24) is 0 Å². The zero-order chi connectivity index (χ0) is 41.4. The van der Waals surface area contributed by atoms with Gasteiger partial charge in [-0.25, -0.2) is 0 Å². The zero-order valence-electron chi connectivity index (χ0n) is 32.6. The summed E-state index contributed by atoms with van der Waals surface area (Å²) in [6.45, 7) is 12.3. The molecule has 9 unspecified atom stereocenters. The van der Waals surface area contributed by atoms with Crippen LogP contribution in [0.1, 0.15) is 76.9 Å². The van der Waals surface area contributed by atoms with Crippen molar-refractivity contribution in [2.24, 2.45) is 23.7 Å². The van der Waals surface area contributed by atoms with Gasteiger partial charge in [0.15, 0.2) is 11.5 Å². The normalized spacial score (nSPS) is 31.4. The van der Waals surface area contributed by atoms with Crippen LogP contribution in [-0.4, -0.2) is 98.2 Å². The largest absolute Gasteiger partial charge is 0.505 e. The van der Waals surface area contributed by atoms with Gasteiger partial charge in [-0.2, -0.15) is 0 Å². The van der Waals surface area contributed by atoms with E-state index in [4.69, 9.17) is 18.9 Å². The second-order valence-electron chi connectivity index (χ2n) is 14.7. The van der Waals surface area contributed by atoms with Crippen LogP contribution in [0.2, 0.25) is 0 Å². The van der Waals surface area contributed by atoms with Gasteiger partial charge in [-0.1, -0.05) is 39.0 Å². The highest BCUT2D eigenvalue weighted by molar-refractivity contribution is 6.21. The number of allylic oxidation sites excluding steroid dienone is 5. The number of hydrogen-bond acceptors (Lipinski definition) is 14. The first-order valence-electron chi connectivity index (χ1n) is 17.8. The van der Waals surface area contributed by atoms with Crippen LogP contribution in [-0.2, 0) is 28.6 Å². The number of ether oxygens (including phenoxy) is 4. The summed E-state index contributed by atoms with van der Waals surface area (Å²) in [5.74, 6) is -8.68. The SMILES string of the molecule is COC(=O)C1C(O)C(C)C(O)C(C)/C=C\C=C(C)C(=O)Nc2c(C)c(OC(C)=O)c3c(c2O)C(=O)C(C)=C2OCOC(=C23)C(C)=CC(C)(O)C(O)C(C)C1O. The summed E-state index contributed by atoms with van der Waals surface area (Å²) in [6, 6.07) is 0. The third-order valence-electron chi connectivity index (χ3n) is 10.6. The van der Waals surface area contributed by atoms with E-state index in [1.54, 1.807) is 13.0 Å². The van der Waals surface area contributed by atoms with Crippen molar-refractivity contribution in [3.05, 3.63) is 69.2 Å². The molecule has 4 bridgehead atoms. The van der Waals surface area contributed by atoms with Gasteiger partial charge in [0, 0.05) is 47.0 Å². The maximum atomic E-state index is 14.0. The summed E-state index contributed by atoms with van der Waals surface area (Å²) in [6.07, 6.45) is -0.878. The number of esters is 2. The van der Waals surface area contributed by atoms with Crippen LogP contribution in [0, 0.1) is 30.6 Å². The molecule has 5 rings (SSSR count). The first-order valence-corrected chi connectivity index (χ1v) is 17.8. The number of aromatic hydroxyl groups is 1. The molecule has 15 heteroatoms. The lowest BCUT2D eigenvalue weighted by Crippen LogP contribution is -2.53. The molecule has 1 aliphatic carbocycles. The van der Waals surface area contributed by atoms with E-state index >= 15 is 0 Å². The van der Waals surface area contributed by atoms with Crippen molar-refractivity contribution < 1.29 is 68.8 Å². The van der Waals surface area contributed by atoms with Crippen LogP contribution in [0.25, 0.3) is 5.57 Å². The Labute approximate surface area is 319 Å². The molecule has 3 aliphatic heterocycles. The van der Waals surface area contributed by atoms with Gasteiger partial charge in [0.25, 0.3) is 5.91 Å². The minimum atomic E-state index is -2.17. The molecule has 55 heavy (non-hydrogen) atoms. The van der Waals surface area contributed by atoms with Crippen molar-refractivity contribution in [1.29, 1.82) is 0 Å². The molecule has 0 saturated heterocycles. The van der Waals surface area contributed by atoms with Gasteiger partial charge >= 0.3 is 11.9 Å². The Bertz CT molecular complexity index is 1920. The number of carbonyl (C=O) groups excluding carboxylic acids is 4. The number of aliphatic hydroxyl groups excluding tert-OH is 4. The molecule has 300 valence electrons. The van der Waals surface area contributed by atoms with E-state index in [9.17, 15) is 49.8 Å². The van der Waals surface area contributed by atoms with Gasteiger partial charge in [-0.15, -0.1) is 0 Å². The number of phenols is 1. The standard InChI is InChI=1S/C40H51NO14/c1-16-12-11-13-17(2)38(49)41-28-19(4)36(55-23(8)42)24-25(33(28)47)31(45)21(6)35-26(24)34(53-15-54-35)18(3)14-40(9,51)37(48)22(7)32(46)27(39(50)52-10)30(44)20(5)29(16)43/h11-14,16,20,22,27,29-30,32,37,43-44,46-48,51H,15H2,1-10H3,(H,41,49)/b12-11-,17-13?,18-14?. The summed E-state index contributed by atoms with van der Waals surface area (Å²) in [5, 5.41) is 71.8. The molecule has 9 atom stereocenters. The summed E-state index contributed by atoms with van der Waals surface area (Å²) < 4.78 is 22.3. The molecule has 0 aromatic heterocycles. The van der Waals surface area contributed by atoms with Gasteiger partial charge in [-0.3, -0.25) is 19.2 Å². The number of fused-ring (bicyclic) bond motifs is 14. The zero-order valence-corrected chi connectivity index (χ0v) is 32.6. The van der Waals surface area contributed by atoms with Crippen LogP contribution in [0.3, 0.4) is 0 Å². The minimum absolute atomic E-state index is 0.00256. The number of anilines is 1. The smallest absolute Gasteiger partial charge is 0.313 e. The third-order valence-corrected chi connectivity index (χ3v) is 10.6. The molecule has 3 heterocycles. The molecule has 15 nitrogen and oxygen atoms in total. The number of ketones is 1. The van der Waals surface area contributed by atoms with E-state index in [0.717, 1.165) is 14.0 Å². The highest BCUT2D eigenvalue weighted by atomic mass is 16.7. The van der Waals surface area contributed by atoms with Crippen LogP contribution < -0.4 is 10.1 Å². The van der Waals surface area contributed by atoms with Crippen molar-refractivity contribution in [2.45, 2.75) is 92.3 Å². The fourth-order valence-electron chi connectivity index (χ4n) is 7.28. The Morgan fingerprint density at radius 3 is 2.11 bits per heavy atom. The lowest BCUT2D eigenvalue weighted by atomic mass is 9.75. The number of phenolic OH excluding ortho intramolecular Hbond substituents is 1. The monoisotopic (exact) mass is 769 g/mol. The molecule has 1 amide bonds. The first kappa shape index (κ1) is 42.9. The number of aliphatic hydroxyl groups is 5. The average molecular weight is 770 g/mol. The average Bonchev–Trinajstić information content (AvgIpc) is 3.13. The molecule has 4 aliphatic rings. The van der Waals surface area contributed by atoms with Gasteiger partial charge in [0.1, 0.15) is 28.8 Å². The van der Waals surface area contributed by atoms with Crippen LogP contribution in [0.5, 0.6) is 11.5 Å². The quantitative estimate of drug-likeness (QED) is 0.130. The Hall–Kier alpha value is -4.80. The molecular weight excluding hydrogens is 718 g/mol. The highest BCUT2D eigenvalue weighted by Crippen LogP contribution is 2.53. The van der Waals surface area contributed by atoms with E-state index in [-0.39, 0.29) is 61.9 Å². The highest BCUT2D eigenvalue weighted by Gasteiger charge is 2.47. The van der Waals surface area contributed by atoms with Gasteiger partial charge in [0.2, 0.25) is 6.79 Å². The second-order valence-corrected chi connectivity index (χ2v) is 14.7. The van der Waals surface area contributed by atoms with E-state index in [1.165, 1.54) is 66.7 Å². The predicted octanol–water partition coefficient (Wildman–Crippen LogP) is 3.10. The Morgan fingerprint density at radius 1 is 0.909 bits per heavy atom. The van der Waals surface area contributed by atoms with E-state index in [0.29, 0.717) is 0 Å². The fraction of sp³-hybridized carbons (Fsp3) is 0.500. The molecule has 1 aromatic rings. The Balaban J connectivity index is 2.07. The Kier molecular flexibility index (Phi) is 12.9. The summed E-state index contributed by atoms with van der Waals surface area (Å²) in [4.78, 5) is 53.0. The topological polar surface area (TPSA) is 239 Å². The Morgan fingerprint density at radius 2 is 1.51 bits per heavy atom. The van der Waals surface area contributed by atoms with Crippen molar-refractivity contribution >= 4 is 34.9 Å².